The molecule has 0 radical (unpaired) electrons. The van der Waals surface area contributed by atoms with Gasteiger partial charge in [-0.3, -0.25) is 9.69 Å². The van der Waals surface area contributed by atoms with Crippen LogP contribution in [0.1, 0.15) is 19.8 Å². The third kappa shape index (κ3) is 4.92. The summed E-state index contributed by atoms with van der Waals surface area (Å²) in [6.45, 7) is 5.80. The number of amides is 3. The van der Waals surface area contributed by atoms with Crippen molar-refractivity contribution < 1.29 is 14.0 Å². The number of likely N-dealkylation sites (N-methyl/N-ethyl adjacent to an activating group) is 1. The van der Waals surface area contributed by atoms with E-state index in [1.54, 1.807) is 19.2 Å². The maximum Gasteiger partial charge on any atom is 0.317 e. The van der Waals surface area contributed by atoms with Crippen molar-refractivity contribution in [3.05, 3.63) is 30.1 Å². The van der Waals surface area contributed by atoms with Crippen LogP contribution in [0.2, 0.25) is 0 Å². The number of nitrogens with zero attached hydrogens (tertiary/aromatic N) is 3. The second-order valence-corrected chi connectivity index (χ2v) is 7.61. The molecular weight excluding hydrogens is 361 g/mol. The second-order valence-electron chi connectivity index (χ2n) is 7.61. The van der Waals surface area contributed by atoms with Gasteiger partial charge < -0.3 is 20.4 Å². The lowest BCUT2D eigenvalue weighted by molar-refractivity contribution is -0.122. The number of nitrogens with one attached hydrogen (secondary N) is 2. The van der Waals surface area contributed by atoms with E-state index >= 15 is 0 Å². The third-order valence-corrected chi connectivity index (χ3v) is 5.64. The molecule has 154 valence electrons. The predicted octanol–water partition coefficient (Wildman–Crippen LogP) is 1.26. The fourth-order valence-electron chi connectivity index (χ4n) is 3.96. The Morgan fingerprint density at radius 3 is 2.50 bits per heavy atom. The first-order valence-corrected chi connectivity index (χ1v) is 9.97. The van der Waals surface area contributed by atoms with E-state index in [1.165, 1.54) is 6.07 Å². The number of rotatable bonds is 4. The van der Waals surface area contributed by atoms with Crippen LogP contribution in [0.15, 0.2) is 24.3 Å². The molecular formula is C20H30FN5O2. The van der Waals surface area contributed by atoms with Crippen molar-refractivity contribution in [3.8, 4) is 0 Å². The van der Waals surface area contributed by atoms with Gasteiger partial charge in [0, 0.05) is 51.9 Å². The molecule has 8 heteroatoms. The van der Waals surface area contributed by atoms with Crippen molar-refractivity contribution in [1.29, 1.82) is 0 Å². The maximum absolute atomic E-state index is 14.0. The molecule has 0 bridgehead atoms. The van der Waals surface area contributed by atoms with Crippen LogP contribution < -0.4 is 15.5 Å². The highest BCUT2D eigenvalue weighted by Gasteiger charge is 2.30. The first-order valence-electron chi connectivity index (χ1n) is 9.97. The molecule has 1 unspecified atom stereocenters. The van der Waals surface area contributed by atoms with E-state index in [0.717, 1.165) is 25.9 Å². The average Bonchev–Trinajstić information content (AvgIpc) is 2.69. The lowest BCUT2D eigenvalue weighted by Crippen LogP contribution is -2.58. The van der Waals surface area contributed by atoms with Gasteiger partial charge in [0.2, 0.25) is 5.91 Å². The van der Waals surface area contributed by atoms with Crippen LogP contribution in [0.3, 0.4) is 0 Å². The van der Waals surface area contributed by atoms with Crippen molar-refractivity contribution >= 4 is 17.6 Å². The molecule has 2 N–H and O–H groups in total. The van der Waals surface area contributed by atoms with E-state index in [4.69, 9.17) is 0 Å². The molecule has 1 aromatic rings. The van der Waals surface area contributed by atoms with Gasteiger partial charge in [0.15, 0.2) is 0 Å². The quantitative estimate of drug-likeness (QED) is 0.811. The zero-order chi connectivity index (χ0) is 20.1. The lowest BCUT2D eigenvalue weighted by atomic mass is 10.1. The lowest BCUT2D eigenvalue weighted by Gasteiger charge is -2.42. The van der Waals surface area contributed by atoms with Crippen LogP contribution in [0, 0.1) is 5.82 Å². The number of carbonyl (C=O) groups is 2. The number of benzene rings is 1. The number of hydrogen-bond acceptors (Lipinski definition) is 4. The van der Waals surface area contributed by atoms with Gasteiger partial charge >= 0.3 is 6.03 Å². The van der Waals surface area contributed by atoms with Crippen LogP contribution in [0.4, 0.5) is 14.9 Å². The Morgan fingerprint density at radius 2 is 1.86 bits per heavy atom. The summed E-state index contributed by atoms with van der Waals surface area (Å²) in [5.41, 5.74) is 0.595. The SMILES string of the molecule is CNC(=O)CN1CCC(NC(=O)N2CCN(c3ccccc3F)CC2C)CC1. The number of halogens is 1. The fraction of sp³-hybridized carbons (Fsp3) is 0.600. The maximum atomic E-state index is 14.0. The normalized spacial score (nSPS) is 21.5. The van der Waals surface area contributed by atoms with Gasteiger partial charge in [-0.2, -0.15) is 0 Å². The summed E-state index contributed by atoms with van der Waals surface area (Å²) in [7, 11) is 1.64. The van der Waals surface area contributed by atoms with Gasteiger partial charge in [-0.1, -0.05) is 12.1 Å². The highest BCUT2D eigenvalue weighted by molar-refractivity contribution is 5.77. The van der Waals surface area contributed by atoms with E-state index in [-0.39, 0.29) is 29.8 Å². The Morgan fingerprint density at radius 1 is 1.14 bits per heavy atom. The molecule has 2 aliphatic rings. The molecule has 3 amide bonds. The number of anilines is 1. The molecule has 2 saturated heterocycles. The highest BCUT2D eigenvalue weighted by atomic mass is 19.1. The molecule has 2 heterocycles. The minimum Gasteiger partial charge on any atom is -0.365 e. The molecule has 7 nitrogen and oxygen atoms in total. The minimum absolute atomic E-state index is 0.00157. The van der Waals surface area contributed by atoms with E-state index < -0.39 is 0 Å². The highest BCUT2D eigenvalue weighted by Crippen LogP contribution is 2.22. The smallest absolute Gasteiger partial charge is 0.317 e. The molecule has 1 atom stereocenters. The van der Waals surface area contributed by atoms with Crippen molar-refractivity contribution in [3.63, 3.8) is 0 Å². The van der Waals surface area contributed by atoms with Crippen molar-refractivity contribution in [2.45, 2.75) is 31.8 Å². The Bertz CT molecular complexity index is 693. The van der Waals surface area contributed by atoms with Gasteiger partial charge in [0.25, 0.3) is 0 Å². The Labute approximate surface area is 165 Å². The molecule has 0 aromatic heterocycles. The van der Waals surface area contributed by atoms with Gasteiger partial charge in [0.05, 0.1) is 12.2 Å². The molecule has 28 heavy (non-hydrogen) atoms. The van der Waals surface area contributed by atoms with Crippen molar-refractivity contribution in [2.24, 2.45) is 0 Å². The molecule has 0 spiro atoms. The zero-order valence-electron chi connectivity index (χ0n) is 16.7. The summed E-state index contributed by atoms with van der Waals surface area (Å²) in [5.74, 6) is -0.208. The number of urea groups is 1. The van der Waals surface area contributed by atoms with Crippen molar-refractivity contribution in [2.75, 3.05) is 51.2 Å². The summed E-state index contributed by atoms with van der Waals surface area (Å²) in [4.78, 5) is 30.2. The molecule has 0 aliphatic carbocycles. The number of likely N-dealkylation sites (tertiary alicyclic amines) is 1. The van der Waals surface area contributed by atoms with Crippen LogP contribution in [-0.4, -0.2) is 80.1 Å². The fourth-order valence-corrected chi connectivity index (χ4v) is 3.96. The summed E-state index contributed by atoms with van der Waals surface area (Å²) in [5, 5.41) is 5.78. The Kier molecular flexibility index (Phi) is 6.72. The molecule has 3 rings (SSSR count). The van der Waals surface area contributed by atoms with E-state index in [2.05, 4.69) is 15.5 Å². The van der Waals surface area contributed by atoms with Crippen LogP contribution >= 0.6 is 0 Å². The average molecular weight is 391 g/mol. The number of carbonyl (C=O) groups excluding carboxylic acids is 2. The van der Waals surface area contributed by atoms with Crippen LogP contribution in [-0.2, 0) is 4.79 Å². The van der Waals surface area contributed by atoms with Gasteiger partial charge in [0.1, 0.15) is 5.82 Å². The Hall–Kier alpha value is -2.35. The standard InChI is InChI=1S/C20H30FN5O2/c1-15-13-25(18-6-4-3-5-17(18)21)11-12-26(15)20(28)23-16-7-9-24(10-8-16)14-19(27)22-2/h3-6,15-16H,7-14H2,1-2H3,(H,22,27)(H,23,28). The van der Waals surface area contributed by atoms with Crippen LogP contribution in [0.25, 0.3) is 0 Å². The largest absolute Gasteiger partial charge is 0.365 e. The topological polar surface area (TPSA) is 67.9 Å². The molecule has 2 aliphatic heterocycles. The number of piperidine rings is 1. The van der Waals surface area contributed by atoms with Gasteiger partial charge in [-0.05, 0) is 31.9 Å². The predicted molar refractivity (Wildman–Crippen MR) is 107 cm³/mol. The monoisotopic (exact) mass is 391 g/mol. The second kappa shape index (κ2) is 9.23. The summed E-state index contributed by atoms with van der Waals surface area (Å²) in [6, 6.07) is 6.85. The third-order valence-electron chi connectivity index (χ3n) is 5.64. The first-order chi connectivity index (χ1) is 13.5. The number of para-hydroxylation sites is 1. The zero-order valence-corrected chi connectivity index (χ0v) is 16.7. The summed E-state index contributed by atoms with van der Waals surface area (Å²) in [6.07, 6.45) is 1.68. The molecule has 2 fully saturated rings. The van der Waals surface area contributed by atoms with Crippen LogP contribution in [0.5, 0.6) is 0 Å². The number of hydrogen-bond donors (Lipinski definition) is 2. The van der Waals surface area contributed by atoms with Gasteiger partial charge in [-0.15, -0.1) is 0 Å². The first kappa shape index (κ1) is 20.4. The minimum atomic E-state index is -0.226. The van der Waals surface area contributed by atoms with E-state index in [1.807, 2.05) is 22.8 Å². The summed E-state index contributed by atoms with van der Waals surface area (Å²) < 4.78 is 14.0. The van der Waals surface area contributed by atoms with Gasteiger partial charge in [-0.25, -0.2) is 9.18 Å². The van der Waals surface area contributed by atoms with Crippen molar-refractivity contribution in [1.82, 2.24) is 20.4 Å². The Balaban J connectivity index is 1.47. The van der Waals surface area contributed by atoms with E-state index in [9.17, 15) is 14.0 Å². The molecule has 1 aromatic carbocycles. The summed E-state index contributed by atoms with van der Waals surface area (Å²) >= 11 is 0. The molecule has 0 saturated carbocycles. The number of piperazine rings is 1. The van der Waals surface area contributed by atoms with E-state index in [0.29, 0.717) is 31.9 Å².